The van der Waals surface area contributed by atoms with Crippen molar-refractivity contribution in [3.63, 3.8) is 0 Å². The highest BCUT2D eigenvalue weighted by molar-refractivity contribution is 5.59. The maximum atomic E-state index is 8.65. The van der Waals surface area contributed by atoms with Crippen molar-refractivity contribution in [3.8, 4) is 0 Å². The van der Waals surface area contributed by atoms with Crippen LogP contribution in [0.5, 0.6) is 0 Å². The fraction of sp³-hybridized carbons (Fsp3) is 0.917. The van der Waals surface area contributed by atoms with Crippen LogP contribution >= 0.6 is 0 Å². The zero-order valence-electron chi connectivity index (χ0n) is 10.0. The van der Waals surface area contributed by atoms with Gasteiger partial charge in [0.2, 0.25) is 0 Å². The summed E-state index contributed by atoms with van der Waals surface area (Å²) in [6.07, 6.45) is 8.43. The average Bonchev–Trinajstić information content (AvgIpc) is 2.31. The molecule has 1 aliphatic heterocycles. The van der Waals surface area contributed by atoms with Crippen LogP contribution < -0.4 is 0 Å². The molecule has 0 spiro atoms. The molecule has 0 amide bonds. The van der Waals surface area contributed by atoms with Gasteiger partial charge in [-0.25, -0.2) is 0 Å². The molecule has 0 bridgehead atoms. The number of likely N-dealkylation sites (tertiary alicyclic amines) is 1. The van der Waals surface area contributed by atoms with Gasteiger partial charge in [-0.1, -0.05) is 12.8 Å². The van der Waals surface area contributed by atoms with Crippen molar-refractivity contribution in [3.05, 3.63) is 0 Å². The van der Waals surface area contributed by atoms with Crippen LogP contribution in [0.15, 0.2) is 5.16 Å². The number of oxime groups is 1. The molecule has 4 heteroatoms. The van der Waals surface area contributed by atoms with E-state index in [4.69, 9.17) is 10.3 Å². The quantitative estimate of drug-likeness (QED) is 0.302. The Bertz CT molecular complexity index is 189. The summed E-state index contributed by atoms with van der Waals surface area (Å²) in [6, 6.07) is 0. The van der Waals surface area contributed by atoms with E-state index in [2.05, 4.69) is 10.1 Å². The van der Waals surface area contributed by atoms with Gasteiger partial charge in [0, 0.05) is 12.8 Å². The predicted molar refractivity (Wildman–Crippen MR) is 65.0 cm³/mol. The van der Waals surface area contributed by atoms with E-state index >= 15 is 0 Å². The number of aliphatic hydroxyl groups excluding tert-OH is 1. The van der Waals surface area contributed by atoms with Crippen LogP contribution in [0.1, 0.15) is 38.5 Å². The molecular weight excluding hydrogens is 204 g/mol. The van der Waals surface area contributed by atoms with Gasteiger partial charge in [0.25, 0.3) is 0 Å². The van der Waals surface area contributed by atoms with Gasteiger partial charge in [-0.2, -0.15) is 0 Å². The number of rotatable bonds is 7. The maximum absolute atomic E-state index is 8.65. The summed E-state index contributed by atoms with van der Waals surface area (Å²) < 4.78 is 0. The Morgan fingerprint density at radius 2 is 1.81 bits per heavy atom. The minimum absolute atomic E-state index is 0.325. The summed E-state index contributed by atoms with van der Waals surface area (Å²) in [5.41, 5.74) is 0. The minimum Gasteiger partial charge on any atom is -0.411 e. The van der Waals surface area contributed by atoms with Crippen molar-refractivity contribution in [2.75, 3.05) is 26.2 Å². The summed E-state index contributed by atoms with van der Waals surface area (Å²) in [4.78, 5) is 2.49. The smallest absolute Gasteiger partial charge is 0.0467 e. The molecule has 1 rings (SSSR count). The van der Waals surface area contributed by atoms with E-state index in [9.17, 15) is 0 Å². The molecule has 0 atom stereocenters. The third kappa shape index (κ3) is 5.47. The van der Waals surface area contributed by atoms with E-state index in [1.54, 1.807) is 6.21 Å². The van der Waals surface area contributed by atoms with E-state index < -0.39 is 0 Å². The van der Waals surface area contributed by atoms with Crippen LogP contribution in [0.25, 0.3) is 0 Å². The number of hydrogen-bond donors (Lipinski definition) is 2. The largest absolute Gasteiger partial charge is 0.411 e. The topological polar surface area (TPSA) is 56.1 Å². The molecule has 94 valence electrons. The highest BCUT2D eigenvalue weighted by Crippen LogP contribution is 2.15. The fourth-order valence-electron chi connectivity index (χ4n) is 2.22. The monoisotopic (exact) mass is 228 g/mol. The van der Waals surface area contributed by atoms with Gasteiger partial charge in [-0.05, 0) is 51.2 Å². The third-order valence-electron chi connectivity index (χ3n) is 3.29. The molecule has 0 aromatic rings. The second kappa shape index (κ2) is 8.53. The molecule has 1 aliphatic rings. The maximum Gasteiger partial charge on any atom is 0.0467 e. The third-order valence-corrected chi connectivity index (χ3v) is 3.29. The van der Waals surface area contributed by atoms with Gasteiger partial charge in [0.05, 0.1) is 0 Å². The molecule has 1 fully saturated rings. The van der Waals surface area contributed by atoms with Gasteiger partial charge >= 0.3 is 0 Å². The fourth-order valence-corrected chi connectivity index (χ4v) is 2.22. The van der Waals surface area contributed by atoms with Crippen LogP contribution in [0, 0.1) is 5.92 Å². The predicted octanol–water partition coefficient (Wildman–Crippen LogP) is 1.71. The van der Waals surface area contributed by atoms with Gasteiger partial charge in [-0.3, -0.25) is 0 Å². The Labute approximate surface area is 97.9 Å². The summed E-state index contributed by atoms with van der Waals surface area (Å²) in [7, 11) is 0. The van der Waals surface area contributed by atoms with Crippen molar-refractivity contribution >= 4 is 6.21 Å². The molecule has 1 saturated heterocycles. The first-order chi connectivity index (χ1) is 7.86. The zero-order chi connectivity index (χ0) is 11.6. The van der Waals surface area contributed by atoms with Gasteiger partial charge in [0.1, 0.15) is 0 Å². The van der Waals surface area contributed by atoms with E-state index in [0.717, 1.165) is 38.8 Å². The second-order valence-corrected chi connectivity index (χ2v) is 4.58. The van der Waals surface area contributed by atoms with Crippen LogP contribution in [-0.4, -0.2) is 47.7 Å². The molecule has 2 N–H and O–H groups in total. The Morgan fingerprint density at radius 3 is 2.44 bits per heavy atom. The van der Waals surface area contributed by atoms with Crippen molar-refractivity contribution in [2.24, 2.45) is 11.1 Å². The summed E-state index contributed by atoms with van der Waals surface area (Å²) in [6.45, 7) is 3.74. The first-order valence-corrected chi connectivity index (χ1v) is 6.37. The molecule has 0 unspecified atom stereocenters. The van der Waals surface area contributed by atoms with Crippen molar-refractivity contribution < 1.29 is 10.3 Å². The summed E-state index contributed by atoms with van der Waals surface area (Å²) >= 11 is 0. The van der Waals surface area contributed by atoms with Gasteiger partial charge in [-0.15, -0.1) is 5.16 Å². The van der Waals surface area contributed by atoms with E-state index in [-0.39, 0.29) is 0 Å². The van der Waals surface area contributed by atoms with Crippen LogP contribution in [0.2, 0.25) is 0 Å². The molecule has 0 aromatic carbocycles. The summed E-state index contributed by atoms with van der Waals surface area (Å²) in [5, 5.41) is 20.2. The second-order valence-electron chi connectivity index (χ2n) is 4.58. The number of piperidine rings is 1. The first kappa shape index (κ1) is 13.5. The van der Waals surface area contributed by atoms with Gasteiger partial charge < -0.3 is 15.2 Å². The molecule has 0 saturated carbocycles. The molecule has 4 nitrogen and oxygen atoms in total. The Balaban J connectivity index is 1.99. The van der Waals surface area contributed by atoms with E-state index in [1.165, 1.54) is 19.4 Å². The van der Waals surface area contributed by atoms with E-state index in [0.29, 0.717) is 12.5 Å². The molecular formula is C12H24N2O2. The molecule has 0 radical (unpaired) electrons. The first-order valence-electron chi connectivity index (χ1n) is 6.37. The highest BCUT2D eigenvalue weighted by atomic mass is 16.4. The van der Waals surface area contributed by atoms with E-state index in [1.807, 2.05) is 0 Å². The van der Waals surface area contributed by atoms with Gasteiger partial charge in [0.15, 0.2) is 0 Å². The lowest BCUT2D eigenvalue weighted by atomic mass is 9.98. The number of hydrogen-bond acceptors (Lipinski definition) is 4. The Hall–Kier alpha value is -0.610. The number of nitrogens with zero attached hydrogens (tertiary/aromatic N) is 2. The van der Waals surface area contributed by atoms with Crippen molar-refractivity contribution in [1.29, 1.82) is 0 Å². The van der Waals surface area contributed by atoms with Crippen LogP contribution in [-0.2, 0) is 0 Å². The van der Waals surface area contributed by atoms with Crippen LogP contribution in [0.4, 0.5) is 0 Å². The normalized spacial score (nSPS) is 19.6. The molecule has 0 aliphatic carbocycles. The lowest BCUT2D eigenvalue weighted by molar-refractivity contribution is 0.203. The lowest BCUT2D eigenvalue weighted by Crippen LogP contribution is -2.34. The van der Waals surface area contributed by atoms with Crippen molar-refractivity contribution in [1.82, 2.24) is 4.90 Å². The highest BCUT2D eigenvalue weighted by Gasteiger charge is 2.17. The number of unbranched alkanes of at least 4 members (excludes halogenated alkanes) is 3. The number of aliphatic hydroxyl groups is 1. The standard InChI is InChI=1S/C12H24N2O2/c15-10-4-2-1-3-7-14-8-5-12(6-9-14)11-13-16/h11-12,15-16H,1-10H2. The molecule has 1 heterocycles. The molecule has 0 aromatic heterocycles. The average molecular weight is 228 g/mol. The zero-order valence-corrected chi connectivity index (χ0v) is 10.0. The Kier molecular flexibility index (Phi) is 7.17. The van der Waals surface area contributed by atoms with Crippen molar-refractivity contribution in [2.45, 2.75) is 38.5 Å². The van der Waals surface area contributed by atoms with Crippen LogP contribution in [0.3, 0.4) is 0 Å². The molecule has 16 heavy (non-hydrogen) atoms. The Morgan fingerprint density at radius 1 is 1.12 bits per heavy atom. The minimum atomic E-state index is 0.325. The summed E-state index contributed by atoms with van der Waals surface area (Å²) in [5.74, 6) is 0.468. The SMILES string of the molecule is OCCCCCCN1CCC(C=NO)CC1. The lowest BCUT2D eigenvalue weighted by Gasteiger charge is -2.29.